The van der Waals surface area contributed by atoms with Crippen LogP contribution in [0.4, 0.5) is 22.0 Å². The molecule has 0 amide bonds. The SMILES string of the molecule is CC(C)CCCC(C)CC[SiH2]C(F)(F)[C@@H](F)C(F)(F)c1ccccc1. The van der Waals surface area contributed by atoms with E-state index in [2.05, 4.69) is 13.8 Å². The molecule has 1 aromatic carbocycles. The number of rotatable bonds is 11. The summed E-state index contributed by atoms with van der Waals surface area (Å²) in [5, 5.41) is 0. The maximum atomic E-state index is 14.0. The first-order chi connectivity index (χ1) is 11.6. The molecule has 0 heterocycles. The molecule has 25 heavy (non-hydrogen) atoms. The molecule has 1 rings (SSSR count). The summed E-state index contributed by atoms with van der Waals surface area (Å²) in [5.41, 5.74) is -4.60. The molecule has 0 aliphatic rings. The molecule has 0 aliphatic heterocycles. The lowest BCUT2D eigenvalue weighted by Gasteiger charge is -2.28. The van der Waals surface area contributed by atoms with Crippen LogP contribution in [-0.4, -0.2) is 21.2 Å². The van der Waals surface area contributed by atoms with Gasteiger partial charge in [0.25, 0.3) is 5.55 Å². The largest absolute Gasteiger partial charge is 0.309 e. The van der Waals surface area contributed by atoms with Crippen LogP contribution in [0.5, 0.6) is 0 Å². The fourth-order valence-corrected chi connectivity index (χ4v) is 4.79. The van der Waals surface area contributed by atoms with E-state index in [4.69, 9.17) is 0 Å². The summed E-state index contributed by atoms with van der Waals surface area (Å²) in [7, 11) is -2.26. The fraction of sp³-hybridized carbons (Fsp3) is 0.684. The average molecular weight is 381 g/mol. The van der Waals surface area contributed by atoms with Gasteiger partial charge in [0.15, 0.2) is 0 Å². The van der Waals surface area contributed by atoms with E-state index < -0.39 is 32.7 Å². The number of halogens is 5. The van der Waals surface area contributed by atoms with Crippen LogP contribution in [-0.2, 0) is 5.92 Å². The van der Waals surface area contributed by atoms with Gasteiger partial charge in [0.1, 0.15) is 9.52 Å². The molecule has 0 saturated carbocycles. The number of benzene rings is 1. The predicted octanol–water partition coefficient (Wildman–Crippen LogP) is 6.15. The molecule has 0 aromatic heterocycles. The van der Waals surface area contributed by atoms with Crippen molar-refractivity contribution >= 4 is 9.52 Å². The van der Waals surface area contributed by atoms with Crippen LogP contribution in [0.1, 0.15) is 52.0 Å². The van der Waals surface area contributed by atoms with E-state index >= 15 is 0 Å². The molecule has 1 aromatic rings. The van der Waals surface area contributed by atoms with Gasteiger partial charge in [0.05, 0.1) is 0 Å². The molecule has 2 atom stereocenters. The quantitative estimate of drug-likeness (QED) is 0.319. The minimum absolute atomic E-state index is 0.182. The highest BCUT2D eigenvalue weighted by atomic mass is 28.2. The van der Waals surface area contributed by atoms with Gasteiger partial charge in [-0.15, -0.1) is 0 Å². The zero-order valence-corrected chi connectivity index (χ0v) is 16.7. The summed E-state index contributed by atoms with van der Waals surface area (Å²) in [5.74, 6) is -3.28. The van der Waals surface area contributed by atoms with Crippen LogP contribution in [0.15, 0.2) is 30.3 Å². The molecule has 0 radical (unpaired) electrons. The molecule has 1 unspecified atom stereocenters. The molecule has 0 saturated heterocycles. The van der Waals surface area contributed by atoms with Crippen LogP contribution < -0.4 is 0 Å². The second-order valence-electron chi connectivity index (χ2n) is 7.43. The van der Waals surface area contributed by atoms with Crippen LogP contribution in [0.25, 0.3) is 0 Å². The Morgan fingerprint density at radius 2 is 1.52 bits per heavy atom. The lowest BCUT2D eigenvalue weighted by atomic mass is 9.98. The van der Waals surface area contributed by atoms with Crippen LogP contribution in [0, 0.1) is 11.8 Å². The smallest absolute Gasteiger partial charge is 0.234 e. The number of hydrogen-bond donors (Lipinski definition) is 0. The van der Waals surface area contributed by atoms with E-state index in [1.165, 1.54) is 18.2 Å². The van der Waals surface area contributed by atoms with Gasteiger partial charge in [-0.25, -0.2) is 13.2 Å². The van der Waals surface area contributed by atoms with E-state index in [0.717, 1.165) is 31.4 Å². The number of alkyl halides is 5. The monoisotopic (exact) mass is 380 g/mol. The first-order valence-electron chi connectivity index (χ1n) is 9.02. The lowest BCUT2D eigenvalue weighted by Crippen LogP contribution is -2.46. The van der Waals surface area contributed by atoms with Crippen molar-refractivity contribution in [2.45, 2.75) is 70.1 Å². The Balaban J connectivity index is 2.51. The van der Waals surface area contributed by atoms with E-state index in [1.54, 1.807) is 0 Å². The van der Waals surface area contributed by atoms with Gasteiger partial charge in [0.2, 0.25) is 6.17 Å². The van der Waals surface area contributed by atoms with Gasteiger partial charge < -0.3 is 0 Å². The van der Waals surface area contributed by atoms with Gasteiger partial charge in [-0.2, -0.15) is 8.78 Å². The molecule has 0 fully saturated rings. The summed E-state index contributed by atoms with van der Waals surface area (Å²) in [6.07, 6.45) is 0.175. The standard InChI is InChI=1S/C19H29F5Si/c1-14(2)8-7-9-15(3)12-13-25-19(23,24)17(20)18(21,22)16-10-5-4-6-11-16/h4-6,10-11,14-15,17H,7-9,12-13,25H2,1-3H3/t15?,17-/m0/s1. The highest BCUT2D eigenvalue weighted by molar-refractivity contribution is 6.39. The van der Waals surface area contributed by atoms with Crippen LogP contribution in [0.2, 0.25) is 6.04 Å². The molecule has 0 bridgehead atoms. The molecule has 144 valence electrons. The van der Waals surface area contributed by atoms with Gasteiger partial charge >= 0.3 is 5.92 Å². The van der Waals surface area contributed by atoms with Gasteiger partial charge in [-0.3, -0.25) is 0 Å². The Hall–Kier alpha value is -0.913. The fourth-order valence-electron chi connectivity index (χ4n) is 2.90. The topological polar surface area (TPSA) is 0 Å². The van der Waals surface area contributed by atoms with Crippen molar-refractivity contribution < 1.29 is 22.0 Å². The second kappa shape index (κ2) is 9.69. The Kier molecular flexibility index (Phi) is 8.58. The van der Waals surface area contributed by atoms with Crippen molar-refractivity contribution in [2.24, 2.45) is 11.8 Å². The first-order valence-corrected chi connectivity index (χ1v) is 10.7. The zero-order chi connectivity index (χ0) is 19.1. The highest BCUT2D eigenvalue weighted by Gasteiger charge is 2.55. The average Bonchev–Trinajstić information content (AvgIpc) is 2.54. The second-order valence-corrected chi connectivity index (χ2v) is 9.58. The van der Waals surface area contributed by atoms with E-state index in [-0.39, 0.29) is 12.0 Å². The lowest BCUT2D eigenvalue weighted by molar-refractivity contribution is -0.152. The normalized spacial score (nSPS) is 15.9. The minimum Gasteiger partial charge on any atom is -0.234 e. The maximum Gasteiger partial charge on any atom is 0.309 e. The Bertz CT molecular complexity index is 490. The maximum absolute atomic E-state index is 14.0. The van der Waals surface area contributed by atoms with Crippen molar-refractivity contribution in [2.75, 3.05) is 0 Å². The molecular weight excluding hydrogens is 351 g/mol. The molecular formula is C19H29F5Si. The third-order valence-electron chi connectivity index (χ3n) is 4.53. The Morgan fingerprint density at radius 3 is 2.08 bits per heavy atom. The zero-order valence-electron chi connectivity index (χ0n) is 15.3. The third kappa shape index (κ3) is 7.08. The Morgan fingerprint density at radius 1 is 0.920 bits per heavy atom. The van der Waals surface area contributed by atoms with Crippen molar-refractivity contribution in [3.8, 4) is 0 Å². The molecule has 6 heteroatoms. The summed E-state index contributed by atoms with van der Waals surface area (Å²) < 4.78 is 70.1. The first kappa shape index (κ1) is 22.1. The summed E-state index contributed by atoms with van der Waals surface area (Å²) in [6, 6.07) is 6.23. The summed E-state index contributed by atoms with van der Waals surface area (Å²) in [4.78, 5) is 0. The van der Waals surface area contributed by atoms with Crippen LogP contribution >= 0.6 is 0 Å². The Labute approximate surface area is 150 Å². The van der Waals surface area contributed by atoms with Gasteiger partial charge in [0, 0.05) is 5.56 Å². The number of hydrogen-bond acceptors (Lipinski definition) is 0. The van der Waals surface area contributed by atoms with E-state index in [1.807, 2.05) is 6.92 Å². The molecule has 0 aliphatic carbocycles. The van der Waals surface area contributed by atoms with Crippen LogP contribution in [0.3, 0.4) is 0 Å². The molecule has 0 nitrogen and oxygen atoms in total. The van der Waals surface area contributed by atoms with E-state index in [9.17, 15) is 22.0 Å². The molecule has 0 N–H and O–H groups in total. The van der Waals surface area contributed by atoms with Gasteiger partial charge in [-0.1, -0.05) is 82.8 Å². The van der Waals surface area contributed by atoms with Crippen molar-refractivity contribution in [1.29, 1.82) is 0 Å². The summed E-state index contributed by atoms with van der Waals surface area (Å²) >= 11 is 0. The third-order valence-corrected chi connectivity index (χ3v) is 6.32. The van der Waals surface area contributed by atoms with Crippen molar-refractivity contribution in [3.05, 3.63) is 35.9 Å². The van der Waals surface area contributed by atoms with Gasteiger partial charge in [-0.05, 0) is 11.8 Å². The van der Waals surface area contributed by atoms with Crippen molar-refractivity contribution in [1.82, 2.24) is 0 Å². The van der Waals surface area contributed by atoms with Crippen molar-refractivity contribution in [3.63, 3.8) is 0 Å². The highest BCUT2D eigenvalue weighted by Crippen LogP contribution is 2.41. The molecule has 0 spiro atoms. The summed E-state index contributed by atoms with van der Waals surface area (Å²) in [6.45, 7) is 6.25. The van der Waals surface area contributed by atoms with E-state index in [0.29, 0.717) is 12.3 Å². The minimum atomic E-state index is -4.17. The predicted molar refractivity (Wildman–Crippen MR) is 96.0 cm³/mol.